The molecule has 13 heavy (non-hydrogen) atoms. The maximum Gasteiger partial charge on any atom is 0.146 e. The number of halogens is 2. The third kappa shape index (κ3) is 3.07. The highest BCUT2D eigenvalue weighted by Gasteiger charge is 2.00. The molecule has 0 fully saturated rings. The van der Waals surface area contributed by atoms with E-state index in [1.54, 1.807) is 12.1 Å². The minimum Gasteiger partial charge on any atom is -0.382 e. The number of nitrogens with one attached hydrogen (secondary N) is 1. The molecule has 0 atom stereocenters. The molecule has 3 heteroatoms. The van der Waals surface area contributed by atoms with Crippen molar-refractivity contribution in [3.63, 3.8) is 0 Å². The predicted molar refractivity (Wildman–Crippen MR) is 54.7 cm³/mol. The summed E-state index contributed by atoms with van der Waals surface area (Å²) in [5, 5.41) is 3.45. The lowest BCUT2D eigenvalue weighted by molar-refractivity contribution is 0.630. The van der Waals surface area contributed by atoms with Crippen LogP contribution in [-0.4, -0.2) is 6.54 Å². The van der Waals surface area contributed by atoms with Crippen molar-refractivity contribution in [2.24, 2.45) is 0 Å². The second-order valence-corrected chi connectivity index (χ2v) is 3.06. The molecule has 0 unspecified atom stereocenters. The molecule has 0 saturated heterocycles. The summed E-state index contributed by atoms with van der Waals surface area (Å²) in [5.74, 6) is -0.284. The van der Waals surface area contributed by atoms with E-state index in [9.17, 15) is 4.39 Å². The van der Waals surface area contributed by atoms with E-state index in [-0.39, 0.29) is 5.82 Å². The smallest absolute Gasteiger partial charge is 0.146 e. The van der Waals surface area contributed by atoms with Crippen LogP contribution in [0.1, 0.15) is 6.42 Å². The summed E-state index contributed by atoms with van der Waals surface area (Å²) in [7, 11) is 0. The first-order chi connectivity index (χ1) is 6.24. The summed E-state index contributed by atoms with van der Waals surface area (Å²) >= 11 is 5.70. The number of anilines is 1. The van der Waals surface area contributed by atoms with Crippen LogP contribution in [0, 0.1) is 5.82 Å². The summed E-state index contributed by atoms with van der Waals surface area (Å²) in [6, 6.07) is 4.44. The van der Waals surface area contributed by atoms with E-state index in [1.807, 2.05) is 0 Å². The van der Waals surface area contributed by atoms with Crippen molar-refractivity contribution >= 4 is 17.3 Å². The van der Waals surface area contributed by atoms with Gasteiger partial charge in [-0.05, 0) is 24.6 Å². The van der Waals surface area contributed by atoms with E-state index < -0.39 is 0 Å². The van der Waals surface area contributed by atoms with Gasteiger partial charge in [0.25, 0.3) is 0 Å². The van der Waals surface area contributed by atoms with Crippen molar-refractivity contribution in [1.82, 2.24) is 0 Å². The Bertz CT molecular complexity index is 299. The summed E-state index contributed by atoms with van der Waals surface area (Å²) < 4.78 is 13.0. The molecule has 1 aromatic rings. The Morgan fingerprint density at radius 1 is 1.54 bits per heavy atom. The van der Waals surface area contributed by atoms with Crippen LogP contribution in [0.5, 0.6) is 0 Å². The van der Waals surface area contributed by atoms with Crippen LogP contribution >= 0.6 is 11.6 Å². The lowest BCUT2D eigenvalue weighted by Crippen LogP contribution is -2.01. The average molecular weight is 200 g/mol. The Morgan fingerprint density at radius 2 is 2.31 bits per heavy atom. The first kappa shape index (κ1) is 10.1. The van der Waals surface area contributed by atoms with Crippen LogP contribution in [-0.2, 0) is 0 Å². The van der Waals surface area contributed by atoms with Crippen LogP contribution in [0.15, 0.2) is 30.9 Å². The fourth-order valence-corrected chi connectivity index (χ4v) is 1.11. The largest absolute Gasteiger partial charge is 0.382 e. The van der Waals surface area contributed by atoms with Gasteiger partial charge < -0.3 is 5.32 Å². The van der Waals surface area contributed by atoms with Gasteiger partial charge in [0.15, 0.2) is 0 Å². The molecule has 0 heterocycles. The van der Waals surface area contributed by atoms with E-state index in [2.05, 4.69) is 11.9 Å². The molecule has 0 amide bonds. The fourth-order valence-electron chi connectivity index (χ4n) is 0.942. The van der Waals surface area contributed by atoms with Gasteiger partial charge in [-0.3, -0.25) is 0 Å². The highest BCUT2D eigenvalue weighted by atomic mass is 35.5. The van der Waals surface area contributed by atoms with E-state index in [0.717, 1.165) is 6.42 Å². The van der Waals surface area contributed by atoms with Crippen molar-refractivity contribution < 1.29 is 4.39 Å². The van der Waals surface area contributed by atoms with E-state index in [1.165, 1.54) is 12.1 Å². The van der Waals surface area contributed by atoms with Gasteiger partial charge >= 0.3 is 0 Å². The van der Waals surface area contributed by atoms with E-state index >= 15 is 0 Å². The molecule has 0 spiro atoms. The number of rotatable bonds is 4. The molecule has 1 N–H and O–H groups in total. The van der Waals surface area contributed by atoms with Gasteiger partial charge in [0.05, 0.1) is 5.69 Å². The SMILES string of the molecule is C=CCCNc1cc(Cl)ccc1F. The highest BCUT2D eigenvalue weighted by Crippen LogP contribution is 2.19. The molecule has 1 aromatic carbocycles. The summed E-state index contributed by atoms with van der Waals surface area (Å²) in [6.07, 6.45) is 2.57. The third-order valence-electron chi connectivity index (χ3n) is 1.59. The summed E-state index contributed by atoms with van der Waals surface area (Å²) in [4.78, 5) is 0. The molecular formula is C10H11ClFN. The van der Waals surface area contributed by atoms with Gasteiger partial charge in [0.1, 0.15) is 5.82 Å². The first-order valence-corrected chi connectivity index (χ1v) is 4.41. The Kier molecular flexibility index (Phi) is 3.77. The zero-order valence-corrected chi connectivity index (χ0v) is 7.94. The van der Waals surface area contributed by atoms with Gasteiger partial charge in [-0.15, -0.1) is 6.58 Å². The molecular weight excluding hydrogens is 189 g/mol. The summed E-state index contributed by atoms with van der Waals surface area (Å²) in [6.45, 7) is 4.24. The average Bonchev–Trinajstić information content (AvgIpc) is 2.11. The lowest BCUT2D eigenvalue weighted by atomic mass is 10.3. The van der Waals surface area contributed by atoms with Crippen LogP contribution in [0.4, 0.5) is 10.1 Å². The van der Waals surface area contributed by atoms with E-state index in [4.69, 9.17) is 11.6 Å². The highest BCUT2D eigenvalue weighted by molar-refractivity contribution is 6.30. The molecule has 1 rings (SSSR count). The first-order valence-electron chi connectivity index (χ1n) is 4.04. The molecule has 0 radical (unpaired) electrons. The Morgan fingerprint density at radius 3 is 3.00 bits per heavy atom. The van der Waals surface area contributed by atoms with Crippen LogP contribution in [0.3, 0.4) is 0 Å². The molecule has 0 aliphatic carbocycles. The van der Waals surface area contributed by atoms with Crippen molar-refractivity contribution in [1.29, 1.82) is 0 Å². The Labute approximate surface area is 82.2 Å². The molecule has 0 saturated carbocycles. The topological polar surface area (TPSA) is 12.0 Å². The van der Waals surface area contributed by atoms with Crippen molar-refractivity contribution in [3.05, 3.63) is 41.7 Å². The number of benzene rings is 1. The molecule has 70 valence electrons. The third-order valence-corrected chi connectivity index (χ3v) is 1.83. The molecule has 0 aliphatic heterocycles. The van der Waals surface area contributed by atoms with Gasteiger partial charge in [-0.1, -0.05) is 17.7 Å². The predicted octanol–water partition coefficient (Wildman–Crippen LogP) is 3.47. The second-order valence-electron chi connectivity index (χ2n) is 2.63. The standard InChI is InChI=1S/C10H11ClFN/c1-2-3-6-13-10-7-8(11)4-5-9(10)12/h2,4-5,7,13H,1,3,6H2. The van der Waals surface area contributed by atoms with Crippen LogP contribution < -0.4 is 5.32 Å². The van der Waals surface area contributed by atoms with Gasteiger partial charge in [0.2, 0.25) is 0 Å². The van der Waals surface area contributed by atoms with Crippen molar-refractivity contribution in [2.75, 3.05) is 11.9 Å². The molecule has 0 bridgehead atoms. The number of hydrogen-bond acceptors (Lipinski definition) is 1. The zero-order valence-electron chi connectivity index (χ0n) is 7.19. The van der Waals surface area contributed by atoms with Crippen LogP contribution in [0.2, 0.25) is 5.02 Å². The maximum absolute atomic E-state index is 13.0. The van der Waals surface area contributed by atoms with Gasteiger partial charge in [0, 0.05) is 11.6 Å². The van der Waals surface area contributed by atoms with Gasteiger partial charge in [-0.2, -0.15) is 0 Å². The molecule has 0 aliphatic rings. The monoisotopic (exact) mass is 199 g/mol. The summed E-state index contributed by atoms with van der Waals surface area (Å²) in [5.41, 5.74) is 0.439. The van der Waals surface area contributed by atoms with Gasteiger partial charge in [-0.25, -0.2) is 4.39 Å². The van der Waals surface area contributed by atoms with Crippen LogP contribution in [0.25, 0.3) is 0 Å². The maximum atomic E-state index is 13.0. The Balaban J connectivity index is 2.64. The molecule has 1 nitrogen and oxygen atoms in total. The minimum atomic E-state index is -0.284. The van der Waals surface area contributed by atoms with Crippen molar-refractivity contribution in [2.45, 2.75) is 6.42 Å². The fraction of sp³-hybridized carbons (Fsp3) is 0.200. The second kappa shape index (κ2) is 4.87. The van der Waals surface area contributed by atoms with E-state index in [0.29, 0.717) is 17.3 Å². The Hall–Kier alpha value is -1.02. The van der Waals surface area contributed by atoms with Crippen molar-refractivity contribution in [3.8, 4) is 0 Å². The quantitative estimate of drug-likeness (QED) is 0.579. The molecule has 0 aromatic heterocycles. The zero-order chi connectivity index (χ0) is 9.68. The number of hydrogen-bond donors (Lipinski definition) is 1. The normalized spacial score (nSPS) is 9.69. The lowest BCUT2D eigenvalue weighted by Gasteiger charge is -2.05. The minimum absolute atomic E-state index is 0.284.